The van der Waals surface area contributed by atoms with Crippen LogP contribution in [0.4, 0.5) is 23.1 Å². The summed E-state index contributed by atoms with van der Waals surface area (Å²) in [6, 6.07) is 14.0. The Hall–Kier alpha value is -3.27. The van der Waals surface area contributed by atoms with Crippen LogP contribution in [0.3, 0.4) is 0 Å². The molecule has 1 unspecified atom stereocenters. The molecule has 3 heterocycles. The van der Waals surface area contributed by atoms with Crippen LogP contribution in [0.25, 0.3) is 11.3 Å². The first-order valence-corrected chi connectivity index (χ1v) is 10.9. The van der Waals surface area contributed by atoms with E-state index >= 15 is 0 Å². The molecule has 1 aliphatic heterocycles. The highest BCUT2D eigenvalue weighted by atomic mass is 16.3. The molecule has 3 aromatic rings. The van der Waals surface area contributed by atoms with E-state index in [1.165, 1.54) is 5.69 Å². The minimum Gasteiger partial charge on any atom is -0.379 e. The third-order valence-electron chi connectivity index (χ3n) is 5.50. The van der Waals surface area contributed by atoms with Gasteiger partial charge in [0.2, 0.25) is 5.95 Å². The fourth-order valence-corrected chi connectivity index (χ4v) is 3.67. The molecule has 1 atom stereocenters. The van der Waals surface area contributed by atoms with E-state index in [4.69, 9.17) is 5.73 Å². The van der Waals surface area contributed by atoms with E-state index in [9.17, 15) is 5.11 Å². The number of aromatic nitrogens is 3. The van der Waals surface area contributed by atoms with Gasteiger partial charge in [-0.3, -0.25) is 4.90 Å². The van der Waals surface area contributed by atoms with Gasteiger partial charge in [-0.15, -0.1) is 0 Å². The van der Waals surface area contributed by atoms with Crippen molar-refractivity contribution >= 4 is 23.1 Å². The summed E-state index contributed by atoms with van der Waals surface area (Å²) in [5.74, 6) is 1.32. The molecular weight excluding hydrogens is 404 g/mol. The molecule has 168 valence electrons. The largest absolute Gasteiger partial charge is 0.379 e. The third kappa shape index (κ3) is 5.50. The SMILES string of the molecule is CC(O)N1CCN(c2ccc(Nc3nccc(-c4ccc(NCCN)nc4)n3)cc2)CC1. The number of aliphatic hydroxyl groups excluding tert-OH is 1. The fraction of sp³-hybridized carbons (Fsp3) is 0.348. The van der Waals surface area contributed by atoms with Crippen molar-refractivity contribution in [2.45, 2.75) is 13.2 Å². The summed E-state index contributed by atoms with van der Waals surface area (Å²) >= 11 is 0. The lowest BCUT2D eigenvalue weighted by Crippen LogP contribution is -2.49. The van der Waals surface area contributed by atoms with Gasteiger partial charge >= 0.3 is 0 Å². The zero-order valence-corrected chi connectivity index (χ0v) is 18.3. The van der Waals surface area contributed by atoms with Gasteiger partial charge in [0.1, 0.15) is 12.0 Å². The summed E-state index contributed by atoms with van der Waals surface area (Å²) in [5.41, 5.74) is 9.32. The summed E-state index contributed by atoms with van der Waals surface area (Å²) in [4.78, 5) is 17.8. The van der Waals surface area contributed by atoms with Crippen molar-refractivity contribution in [3.8, 4) is 11.3 Å². The lowest BCUT2D eigenvalue weighted by molar-refractivity contribution is 0.0153. The predicted octanol–water partition coefficient (Wildman–Crippen LogP) is 2.11. The first kappa shape index (κ1) is 21.9. The number of rotatable bonds is 8. The summed E-state index contributed by atoms with van der Waals surface area (Å²) in [5, 5.41) is 16.2. The van der Waals surface area contributed by atoms with Crippen molar-refractivity contribution in [1.82, 2.24) is 19.9 Å². The number of aliphatic hydroxyl groups is 1. The summed E-state index contributed by atoms with van der Waals surface area (Å²) in [7, 11) is 0. The maximum absolute atomic E-state index is 9.72. The zero-order chi connectivity index (χ0) is 22.3. The van der Waals surface area contributed by atoms with Crippen LogP contribution in [0.2, 0.25) is 0 Å². The fourth-order valence-electron chi connectivity index (χ4n) is 3.67. The minimum atomic E-state index is -0.388. The smallest absolute Gasteiger partial charge is 0.227 e. The predicted molar refractivity (Wildman–Crippen MR) is 128 cm³/mol. The summed E-state index contributed by atoms with van der Waals surface area (Å²) in [6.45, 7) is 6.58. The Labute approximate surface area is 188 Å². The molecule has 1 aliphatic rings. The van der Waals surface area contributed by atoms with Crippen LogP contribution in [-0.2, 0) is 0 Å². The average molecular weight is 435 g/mol. The van der Waals surface area contributed by atoms with E-state index in [0.29, 0.717) is 19.0 Å². The molecule has 1 fully saturated rings. The second kappa shape index (κ2) is 10.4. The highest BCUT2D eigenvalue weighted by molar-refractivity contribution is 5.63. The van der Waals surface area contributed by atoms with Crippen molar-refractivity contribution in [3.63, 3.8) is 0 Å². The van der Waals surface area contributed by atoms with Crippen LogP contribution >= 0.6 is 0 Å². The molecule has 0 spiro atoms. The molecule has 4 rings (SSSR count). The Bertz CT molecular complexity index is 986. The molecule has 0 amide bonds. The molecule has 0 saturated carbocycles. The standard InChI is InChI=1S/C23H30N8O/c1-17(32)30-12-14-31(15-13-30)20-5-3-19(4-6-20)28-23-26-10-8-21(29-23)18-2-7-22(27-16-18)25-11-9-24/h2-8,10,16-17,32H,9,11-15,24H2,1H3,(H,25,27)(H,26,28,29). The second-order valence-electron chi connectivity index (χ2n) is 7.74. The normalized spacial score (nSPS) is 15.4. The number of nitrogens with zero attached hydrogens (tertiary/aromatic N) is 5. The van der Waals surface area contributed by atoms with Gasteiger partial charge in [0.05, 0.1) is 5.69 Å². The van der Waals surface area contributed by atoms with Crippen molar-refractivity contribution in [3.05, 3.63) is 54.9 Å². The monoisotopic (exact) mass is 434 g/mol. The van der Waals surface area contributed by atoms with E-state index in [-0.39, 0.29) is 6.23 Å². The number of nitrogens with two attached hydrogens (primary N) is 1. The Balaban J connectivity index is 1.38. The van der Waals surface area contributed by atoms with Crippen LogP contribution in [0.5, 0.6) is 0 Å². The van der Waals surface area contributed by atoms with Gasteiger partial charge in [-0.2, -0.15) is 0 Å². The molecule has 5 N–H and O–H groups in total. The highest BCUT2D eigenvalue weighted by Crippen LogP contribution is 2.23. The van der Waals surface area contributed by atoms with Crippen molar-refractivity contribution < 1.29 is 5.11 Å². The van der Waals surface area contributed by atoms with E-state index in [2.05, 4.69) is 47.5 Å². The molecule has 2 aromatic heterocycles. The number of nitrogens with one attached hydrogen (secondary N) is 2. The molecule has 9 heteroatoms. The molecule has 0 bridgehead atoms. The Morgan fingerprint density at radius 1 is 1.03 bits per heavy atom. The van der Waals surface area contributed by atoms with Crippen LogP contribution in [0.1, 0.15) is 6.92 Å². The molecule has 1 saturated heterocycles. The van der Waals surface area contributed by atoms with E-state index in [1.807, 2.05) is 37.3 Å². The number of pyridine rings is 1. The quantitative estimate of drug-likeness (QED) is 0.423. The molecule has 0 aliphatic carbocycles. The van der Waals surface area contributed by atoms with E-state index in [1.54, 1.807) is 12.4 Å². The van der Waals surface area contributed by atoms with Crippen molar-refractivity contribution in [2.24, 2.45) is 5.73 Å². The van der Waals surface area contributed by atoms with E-state index < -0.39 is 0 Å². The Morgan fingerprint density at radius 2 is 1.81 bits per heavy atom. The van der Waals surface area contributed by atoms with E-state index in [0.717, 1.165) is 48.9 Å². The van der Waals surface area contributed by atoms with Gasteiger partial charge in [-0.05, 0) is 49.4 Å². The lowest BCUT2D eigenvalue weighted by Gasteiger charge is -2.37. The van der Waals surface area contributed by atoms with Crippen molar-refractivity contribution in [1.29, 1.82) is 0 Å². The molecule has 9 nitrogen and oxygen atoms in total. The van der Waals surface area contributed by atoms with Gasteiger partial charge in [-0.1, -0.05) is 0 Å². The maximum atomic E-state index is 9.72. The third-order valence-corrected chi connectivity index (χ3v) is 5.50. The van der Waals surface area contributed by atoms with Crippen LogP contribution in [0, 0.1) is 0 Å². The number of benzene rings is 1. The van der Waals surface area contributed by atoms with Gasteiger partial charge in [0, 0.05) is 68.6 Å². The van der Waals surface area contributed by atoms with Gasteiger partial charge in [-0.25, -0.2) is 15.0 Å². The van der Waals surface area contributed by atoms with Gasteiger partial charge < -0.3 is 26.4 Å². The Morgan fingerprint density at radius 3 is 2.47 bits per heavy atom. The lowest BCUT2D eigenvalue weighted by atomic mass is 10.2. The number of piperazine rings is 1. The van der Waals surface area contributed by atoms with Crippen LogP contribution < -0.4 is 21.3 Å². The number of hydrogen-bond acceptors (Lipinski definition) is 9. The molecule has 1 aromatic carbocycles. The molecular formula is C23H30N8O. The topological polar surface area (TPSA) is 115 Å². The summed E-state index contributed by atoms with van der Waals surface area (Å²) < 4.78 is 0. The first-order valence-electron chi connectivity index (χ1n) is 10.9. The molecule has 32 heavy (non-hydrogen) atoms. The maximum Gasteiger partial charge on any atom is 0.227 e. The van der Waals surface area contributed by atoms with Gasteiger partial charge in [0.25, 0.3) is 0 Å². The van der Waals surface area contributed by atoms with Crippen LogP contribution in [-0.4, -0.2) is 70.5 Å². The first-order chi connectivity index (χ1) is 15.6. The van der Waals surface area contributed by atoms with Crippen LogP contribution in [0.15, 0.2) is 54.9 Å². The summed E-state index contributed by atoms with van der Waals surface area (Å²) in [6.07, 6.45) is 3.14. The minimum absolute atomic E-state index is 0.388. The number of hydrogen-bond donors (Lipinski definition) is 4. The molecule has 0 radical (unpaired) electrons. The Kier molecular flexibility index (Phi) is 7.10. The highest BCUT2D eigenvalue weighted by Gasteiger charge is 2.19. The van der Waals surface area contributed by atoms with Crippen molar-refractivity contribution in [2.75, 3.05) is 54.8 Å². The average Bonchev–Trinajstić information content (AvgIpc) is 2.84. The van der Waals surface area contributed by atoms with Gasteiger partial charge in [0.15, 0.2) is 0 Å². The zero-order valence-electron chi connectivity index (χ0n) is 18.3. The second-order valence-corrected chi connectivity index (χ2v) is 7.74. The number of anilines is 4.